The van der Waals surface area contributed by atoms with Crippen LogP contribution in [0.2, 0.25) is 0 Å². The second kappa shape index (κ2) is 6.80. The number of aromatic amines is 1. The average molecular weight is 377 g/mol. The predicted molar refractivity (Wildman–Crippen MR) is 105 cm³/mol. The first-order valence-electron chi connectivity index (χ1n) is 9.65. The van der Waals surface area contributed by atoms with Gasteiger partial charge in [0.15, 0.2) is 17.7 Å². The Labute approximate surface area is 163 Å². The Balaban J connectivity index is 1.69. The summed E-state index contributed by atoms with van der Waals surface area (Å²) < 4.78 is 11.1. The number of benzene rings is 2. The molecule has 0 saturated carbocycles. The highest BCUT2D eigenvalue weighted by Crippen LogP contribution is 2.39. The molecule has 5 rings (SSSR count). The molecule has 0 spiro atoms. The van der Waals surface area contributed by atoms with Crippen LogP contribution in [0.25, 0.3) is 10.9 Å². The zero-order valence-electron chi connectivity index (χ0n) is 15.8. The van der Waals surface area contributed by atoms with E-state index in [0.717, 1.165) is 54.3 Å². The normalized spacial score (nSPS) is 16.5. The van der Waals surface area contributed by atoms with Crippen molar-refractivity contribution < 1.29 is 24.2 Å². The van der Waals surface area contributed by atoms with Crippen molar-refractivity contribution in [2.24, 2.45) is 0 Å². The van der Waals surface area contributed by atoms with E-state index in [1.165, 1.54) is 4.90 Å². The summed E-state index contributed by atoms with van der Waals surface area (Å²) in [6.45, 7) is 4.14. The topological polar surface area (TPSA) is 57.4 Å². The lowest BCUT2D eigenvalue weighted by Gasteiger charge is -2.32. The van der Waals surface area contributed by atoms with Gasteiger partial charge in [0, 0.05) is 11.6 Å². The highest BCUT2D eigenvalue weighted by atomic mass is 16.7. The molecule has 0 atom stereocenters. The maximum Gasteiger partial charge on any atom is 0.231 e. The van der Waals surface area contributed by atoms with Crippen LogP contribution < -0.4 is 24.3 Å². The number of aromatic nitrogens is 1. The lowest BCUT2D eigenvalue weighted by atomic mass is 9.99. The van der Waals surface area contributed by atoms with Crippen LogP contribution in [0.15, 0.2) is 48.7 Å². The van der Waals surface area contributed by atoms with Crippen LogP contribution in [-0.2, 0) is 0 Å². The van der Waals surface area contributed by atoms with Gasteiger partial charge in [0.25, 0.3) is 0 Å². The lowest BCUT2D eigenvalue weighted by molar-refractivity contribution is -0.880. The first-order valence-corrected chi connectivity index (χ1v) is 9.65. The third-order valence-corrected chi connectivity index (χ3v) is 5.61. The van der Waals surface area contributed by atoms with Crippen LogP contribution in [0.4, 0.5) is 5.69 Å². The number of nitrogens with zero attached hydrogens (tertiary/aromatic N) is 1. The Morgan fingerprint density at radius 3 is 2.54 bits per heavy atom. The van der Waals surface area contributed by atoms with E-state index in [-0.39, 0.29) is 12.6 Å². The molecule has 0 aliphatic carbocycles. The molecular formula is C22H23N3O3+2. The summed E-state index contributed by atoms with van der Waals surface area (Å²) in [6, 6.07) is 13.4. The zero-order valence-corrected chi connectivity index (χ0v) is 15.8. The van der Waals surface area contributed by atoms with Crippen molar-refractivity contribution in [1.29, 1.82) is 0 Å². The quantitative estimate of drug-likeness (QED) is 0.691. The van der Waals surface area contributed by atoms with Gasteiger partial charge < -0.3 is 19.3 Å². The number of quaternary nitrogens is 1. The van der Waals surface area contributed by atoms with Crippen LogP contribution in [0.5, 0.6) is 11.5 Å². The third-order valence-electron chi connectivity index (χ3n) is 5.61. The lowest BCUT2D eigenvalue weighted by Crippen LogP contribution is -3.12. The molecule has 142 valence electrons. The number of ketones is 1. The van der Waals surface area contributed by atoms with Crippen LogP contribution in [0.3, 0.4) is 0 Å². The molecule has 3 aromatic rings. The maximum absolute atomic E-state index is 13.3. The number of pyridine rings is 1. The second-order valence-electron chi connectivity index (χ2n) is 7.44. The highest BCUT2D eigenvalue weighted by Gasteiger charge is 2.29. The number of nitrogens with one attached hydrogen (secondary N) is 2. The molecular weight excluding hydrogens is 354 g/mol. The van der Waals surface area contributed by atoms with Gasteiger partial charge >= 0.3 is 0 Å². The number of hydrogen-bond acceptors (Lipinski definition) is 4. The summed E-state index contributed by atoms with van der Waals surface area (Å²) >= 11 is 0. The summed E-state index contributed by atoms with van der Waals surface area (Å²) in [7, 11) is 2.21. The number of hydrogen-bond donors (Lipinski definition) is 1. The van der Waals surface area contributed by atoms with Crippen LogP contribution in [-0.4, -0.2) is 45.8 Å². The van der Waals surface area contributed by atoms with Gasteiger partial charge in [-0.25, -0.2) is 4.98 Å². The molecule has 0 radical (unpaired) electrons. The molecule has 2 aliphatic rings. The zero-order chi connectivity index (χ0) is 19.1. The number of piperazine rings is 1. The molecule has 6 nitrogen and oxygen atoms in total. The van der Waals surface area contributed by atoms with Gasteiger partial charge in [0.1, 0.15) is 5.56 Å². The van der Waals surface area contributed by atoms with Crippen molar-refractivity contribution in [3.8, 4) is 11.5 Å². The first-order chi connectivity index (χ1) is 13.7. The minimum absolute atomic E-state index is 0.0256. The number of H-pyrrole nitrogens is 1. The van der Waals surface area contributed by atoms with Crippen molar-refractivity contribution in [3.05, 3.63) is 59.8 Å². The fraction of sp³-hybridized carbons (Fsp3) is 0.273. The first kappa shape index (κ1) is 17.0. The van der Waals surface area contributed by atoms with E-state index in [2.05, 4.69) is 16.9 Å². The Kier molecular flexibility index (Phi) is 4.13. The minimum Gasteiger partial charge on any atom is -0.454 e. The van der Waals surface area contributed by atoms with Gasteiger partial charge in [0.2, 0.25) is 18.1 Å². The van der Waals surface area contributed by atoms with E-state index >= 15 is 0 Å². The summed E-state index contributed by atoms with van der Waals surface area (Å²) in [6.07, 6.45) is 1.83. The van der Waals surface area contributed by atoms with Gasteiger partial charge in [-0.2, -0.15) is 0 Å². The molecule has 1 saturated heterocycles. The molecule has 2 aromatic carbocycles. The molecule has 0 unspecified atom stereocenters. The number of likely N-dealkylation sites (N-methyl/N-ethyl adjacent to an activating group) is 1. The van der Waals surface area contributed by atoms with Crippen molar-refractivity contribution in [2.45, 2.75) is 0 Å². The number of rotatable bonds is 3. The number of ether oxygens (including phenoxy) is 2. The van der Waals surface area contributed by atoms with E-state index in [4.69, 9.17) is 9.47 Å². The standard InChI is InChI=1S/C22H21N3O3/c1-24-7-9-25(10-8-24)21-16-11-19-20(28-14-27-19)12-18(16)23-13-17(21)22(26)15-5-3-2-4-6-15/h2-6,11-13H,7-10,14H2,1H3/p+2. The average Bonchev–Trinajstić information content (AvgIpc) is 3.19. The third kappa shape index (κ3) is 2.86. The van der Waals surface area contributed by atoms with Crippen LogP contribution >= 0.6 is 0 Å². The molecule has 2 aliphatic heterocycles. The monoisotopic (exact) mass is 377 g/mol. The maximum atomic E-state index is 13.3. The number of carbonyl (C=O) groups is 1. The molecule has 6 heteroatoms. The Hall–Kier alpha value is -3.12. The molecule has 1 aromatic heterocycles. The smallest absolute Gasteiger partial charge is 0.231 e. The Morgan fingerprint density at radius 2 is 1.79 bits per heavy atom. The molecule has 0 bridgehead atoms. The van der Waals surface area contributed by atoms with Crippen molar-refractivity contribution in [1.82, 2.24) is 0 Å². The van der Waals surface area contributed by atoms with Crippen LogP contribution in [0, 0.1) is 0 Å². The fourth-order valence-corrected chi connectivity index (χ4v) is 3.99. The number of fused-ring (bicyclic) bond motifs is 2. The van der Waals surface area contributed by atoms with Gasteiger partial charge in [0.05, 0.1) is 50.4 Å². The SMILES string of the molecule is C[NH+]1CCN(c2c(C(=O)c3ccccc3)c[nH+]c3cc4c(cc23)OCO4)CC1. The fourth-order valence-electron chi connectivity index (χ4n) is 3.99. The summed E-state index contributed by atoms with van der Waals surface area (Å²) in [5, 5.41) is 0.991. The van der Waals surface area contributed by atoms with Gasteiger partial charge in [-0.05, 0) is 0 Å². The van der Waals surface area contributed by atoms with Crippen LogP contribution in [0.1, 0.15) is 15.9 Å². The molecule has 0 amide bonds. The van der Waals surface area contributed by atoms with Crippen molar-refractivity contribution >= 4 is 22.4 Å². The summed E-state index contributed by atoms with van der Waals surface area (Å²) in [4.78, 5) is 20.5. The van der Waals surface area contributed by atoms with Gasteiger partial charge in [-0.1, -0.05) is 30.3 Å². The predicted octanol–water partition coefficient (Wildman–Crippen LogP) is 0.948. The molecule has 2 N–H and O–H groups in total. The number of anilines is 1. The molecule has 1 fully saturated rings. The van der Waals surface area contributed by atoms with Crippen molar-refractivity contribution in [2.75, 3.05) is 44.9 Å². The molecule has 3 heterocycles. The van der Waals surface area contributed by atoms with Gasteiger partial charge in [-0.15, -0.1) is 0 Å². The summed E-state index contributed by atoms with van der Waals surface area (Å²) in [5.41, 5.74) is 3.30. The Bertz CT molecular complexity index is 1040. The number of carbonyl (C=O) groups excluding carboxylic acids is 1. The summed E-state index contributed by atoms with van der Waals surface area (Å²) in [5.74, 6) is 1.49. The van der Waals surface area contributed by atoms with E-state index in [0.29, 0.717) is 11.1 Å². The minimum atomic E-state index is 0.0256. The Morgan fingerprint density at radius 1 is 1.07 bits per heavy atom. The van der Waals surface area contributed by atoms with E-state index in [1.54, 1.807) is 0 Å². The molecule has 28 heavy (non-hydrogen) atoms. The van der Waals surface area contributed by atoms with Crippen molar-refractivity contribution in [3.63, 3.8) is 0 Å². The highest BCUT2D eigenvalue weighted by molar-refractivity contribution is 6.15. The largest absolute Gasteiger partial charge is 0.454 e. The van der Waals surface area contributed by atoms with E-state index < -0.39 is 0 Å². The van der Waals surface area contributed by atoms with E-state index in [9.17, 15) is 4.79 Å². The second-order valence-corrected chi connectivity index (χ2v) is 7.44. The van der Waals surface area contributed by atoms with Gasteiger partial charge in [-0.3, -0.25) is 4.79 Å². The van der Waals surface area contributed by atoms with E-state index in [1.807, 2.05) is 48.7 Å².